The number of phenolic OH excluding ortho intramolecular Hbond substituents is 4. The molecule has 3 rings (SSSR count). The predicted octanol–water partition coefficient (Wildman–Crippen LogP) is 3.25. The number of aromatic hydroxyl groups is 4. The fraction of sp³-hybridized carbons (Fsp3) is 0.0588. The van der Waals surface area contributed by atoms with Crippen molar-refractivity contribution in [2.75, 3.05) is 0 Å². The first kappa shape index (κ1) is 13.1. The zero-order valence-electron chi connectivity index (χ0n) is 11.1. The van der Waals surface area contributed by atoms with Gasteiger partial charge in [0.1, 0.15) is 23.0 Å². The molecule has 0 saturated heterocycles. The normalized spacial score (nSPS) is 10.9. The number of benzene rings is 3. The largest absolute Gasteiger partial charge is 0.508 e. The molecule has 0 radical (unpaired) electrons. The van der Waals surface area contributed by atoms with Gasteiger partial charge in [0.25, 0.3) is 0 Å². The monoisotopic (exact) mass is 282 g/mol. The van der Waals surface area contributed by atoms with Crippen molar-refractivity contribution in [2.24, 2.45) is 0 Å². The van der Waals surface area contributed by atoms with Crippen LogP contribution in [0.5, 0.6) is 23.0 Å². The molecule has 21 heavy (non-hydrogen) atoms. The van der Waals surface area contributed by atoms with Crippen LogP contribution in [0.25, 0.3) is 10.8 Å². The minimum atomic E-state index is -0.157. The molecule has 0 aliphatic rings. The molecular formula is C17H14O4. The molecule has 4 N–H and O–H groups in total. The lowest BCUT2D eigenvalue weighted by atomic mass is 9.99. The van der Waals surface area contributed by atoms with Gasteiger partial charge in [0, 0.05) is 12.5 Å². The van der Waals surface area contributed by atoms with Crippen LogP contribution in [0.1, 0.15) is 11.1 Å². The highest BCUT2D eigenvalue weighted by molar-refractivity contribution is 5.95. The van der Waals surface area contributed by atoms with Gasteiger partial charge in [-0.2, -0.15) is 0 Å². The van der Waals surface area contributed by atoms with E-state index in [9.17, 15) is 20.4 Å². The van der Waals surface area contributed by atoms with Gasteiger partial charge in [-0.05, 0) is 34.7 Å². The lowest BCUT2D eigenvalue weighted by Gasteiger charge is -2.10. The summed E-state index contributed by atoms with van der Waals surface area (Å²) in [6.45, 7) is 0. The maximum absolute atomic E-state index is 10.3. The molecule has 0 amide bonds. The number of phenols is 4. The standard InChI is InChI=1S/C17H14O4/c18-13-5-1-10(2-6-13)7-12-4-3-11-8-14(19)9-15(20)16(11)17(12)21/h1-6,8-9,18-21H,7H2. The third-order valence-electron chi connectivity index (χ3n) is 3.47. The molecule has 3 aromatic rings. The molecule has 0 atom stereocenters. The second-order valence-corrected chi connectivity index (χ2v) is 4.98. The average molecular weight is 282 g/mol. The van der Waals surface area contributed by atoms with Gasteiger partial charge in [-0.3, -0.25) is 0 Å². The van der Waals surface area contributed by atoms with Crippen LogP contribution in [0.4, 0.5) is 0 Å². The van der Waals surface area contributed by atoms with Gasteiger partial charge in [-0.1, -0.05) is 24.3 Å². The molecule has 0 aliphatic carbocycles. The van der Waals surface area contributed by atoms with E-state index in [4.69, 9.17) is 0 Å². The zero-order chi connectivity index (χ0) is 15.0. The second kappa shape index (κ2) is 4.90. The molecule has 0 heterocycles. The summed E-state index contributed by atoms with van der Waals surface area (Å²) >= 11 is 0. The van der Waals surface area contributed by atoms with Crippen molar-refractivity contribution >= 4 is 10.8 Å². The van der Waals surface area contributed by atoms with Crippen LogP contribution in [-0.2, 0) is 6.42 Å². The highest BCUT2D eigenvalue weighted by Gasteiger charge is 2.12. The van der Waals surface area contributed by atoms with Gasteiger partial charge in [0.2, 0.25) is 0 Å². The highest BCUT2D eigenvalue weighted by atomic mass is 16.3. The van der Waals surface area contributed by atoms with E-state index < -0.39 is 0 Å². The Bertz CT molecular complexity index is 807. The Morgan fingerprint density at radius 3 is 2.14 bits per heavy atom. The van der Waals surface area contributed by atoms with E-state index in [2.05, 4.69) is 0 Å². The maximum Gasteiger partial charge on any atom is 0.130 e. The smallest absolute Gasteiger partial charge is 0.130 e. The predicted molar refractivity (Wildman–Crippen MR) is 79.9 cm³/mol. The van der Waals surface area contributed by atoms with Gasteiger partial charge < -0.3 is 20.4 Å². The Labute approximate surface area is 121 Å². The summed E-state index contributed by atoms with van der Waals surface area (Å²) in [5.41, 5.74) is 1.59. The minimum absolute atomic E-state index is 0.00178. The molecule has 106 valence electrons. The van der Waals surface area contributed by atoms with Crippen molar-refractivity contribution in [2.45, 2.75) is 6.42 Å². The van der Waals surface area contributed by atoms with Crippen molar-refractivity contribution in [3.63, 3.8) is 0 Å². The summed E-state index contributed by atoms with van der Waals surface area (Å²) in [6.07, 6.45) is 0.475. The Hall–Kier alpha value is -2.88. The van der Waals surface area contributed by atoms with Crippen LogP contribution >= 0.6 is 0 Å². The van der Waals surface area contributed by atoms with Crippen molar-refractivity contribution in [1.29, 1.82) is 0 Å². The molecule has 4 nitrogen and oxygen atoms in total. The third kappa shape index (κ3) is 2.43. The second-order valence-electron chi connectivity index (χ2n) is 4.98. The van der Waals surface area contributed by atoms with Crippen LogP contribution in [0, 0.1) is 0 Å². The van der Waals surface area contributed by atoms with Gasteiger partial charge in [0.05, 0.1) is 5.39 Å². The fourth-order valence-corrected chi connectivity index (χ4v) is 2.43. The van der Waals surface area contributed by atoms with Crippen LogP contribution < -0.4 is 0 Å². The van der Waals surface area contributed by atoms with Crippen LogP contribution in [0.2, 0.25) is 0 Å². The van der Waals surface area contributed by atoms with E-state index in [1.807, 2.05) is 0 Å². The first-order valence-corrected chi connectivity index (χ1v) is 6.49. The quantitative estimate of drug-likeness (QED) is 0.581. The Morgan fingerprint density at radius 1 is 0.714 bits per heavy atom. The molecule has 3 aromatic carbocycles. The van der Waals surface area contributed by atoms with Crippen LogP contribution in [-0.4, -0.2) is 20.4 Å². The summed E-state index contributed by atoms with van der Waals surface area (Å²) in [6, 6.07) is 12.9. The Balaban J connectivity index is 2.07. The molecule has 0 aliphatic heterocycles. The molecule has 0 spiro atoms. The lowest BCUT2D eigenvalue weighted by Crippen LogP contribution is -1.90. The van der Waals surface area contributed by atoms with Crippen molar-refractivity contribution < 1.29 is 20.4 Å². The Kier molecular flexibility index (Phi) is 3.06. The van der Waals surface area contributed by atoms with E-state index in [0.29, 0.717) is 22.8 Å². The summed E-state index contributed by atoms with van der Waals surface area (Å²) in [5, 5.41) is 39.9. The summed E-state index contributed by atoms with van der Waals surface area (Å²) in [4.78, 5) is 0. The third-order valence-corrected chi connectivity index (χ3v) is 3.47. The molecule has 0 fully saturated rings. The molecule has 4 heteroatoms. The number of fused-ring (bicyclic) bond motifs is 1. The summed E-state index contributed by atoms with van der Waals surface area (Å²) in [7, 11) is 0. The maximum atomic E-state index is 10.3. The summed E-state index contributed by atoms with van der Waals surface area (Å²) in [5.74, 6) is -0.0200. The van der Waals surface area contributed by atoms with Gasteiger partial charge in [-0.25, -0.2) is 0 Å². The molecule has 0 aromatic heterocycles. The fourth-order valence-electron chi connectivity index (χ4n) is 2.43. The number of hydrogen-bond acceptors (Lipinski definition) is 4. The number of hydrogen-bond donors (Lipinski definition) is 4. The molecule has 0 saturated carbocycles. The first-order chi connectivity index (χ1) is 10.0. The van der Waals surface area contributed by atoms with Gasteiger partial charge in [-0.15, -0.1) is 0 Å². The highest BCUT2D eigenvalue weighted by Crippen LogP contribution is 2.38. The van der Waals surface area contributed by atoms with E-state index in [1.165, 1.54) is 12.1 Å². The topological polar surface area (TPSA) is 80.9 Å². The van der Waals surface area contributed by atoms with Gasteiger partial charge in [0.15, 0.2) is 0 Å². The minimum Gasteiger partial charge on any atom is -0.508 e. The Morgan fingerprint density at radius 2 is 1.43 bits per heavy atom. The lowest BCUT2D eigenvalue weighted by molar-refractivity contribution is 0.448. The van der Waals surface area contributed by atoms with E-state index >= 15 is 0 Å². The van der Waals surface area contributed by atoms with E-state index in [1.54, 1.807) is 36.4 Å². The molecule has 0 unspecified atom stereocenters. The van der Waals surface area contributed by atoms with Crippen LogP contribution in [0.3, 0.4) is 0 Å². The van der Waals surface area contributed by atoms with Crippen LogP contribution in [0.15, 0.2) is 48.5 Å². The molecular weight excluding hydrogens is 268 g/mol. The average Bonchev–Trinajstić information content (AvgIpc) is 2.43. The van der Waals surface area contributed by atoms with Crippen molar-refractivity contribution in [3.8, 4) is 23.0 Å². The van der Waals surface area contributed by atoms with Crippen molar-refractivity contribution in [3.05, 3.63) is 59.7 Å². The summed E-state index contributed by atoms with van der Waals surface area (Å²) < 4.78 is 0. The van der Waals surface area contributed by atoms with E-state index in [-0.39, 0.29) is 23.0 Å². The first-order valence-electron chi connectivity index (χ1n) is 6.49. The number of rotatable bonds is 2. The van der Waals surface area contributed by atoms with E-state index in [0.717, 1.165) is 5.56 Å². The SMILES string of the molecule is Oc1ccc(Cc2ccc3cc(O)cc(O)c3c2O)cc1. The molecule has 0 bridgehead atoms. The van der Waals surface area contributed by atoms with Crippen molar-refractivity contribution in [1.82, 2.24) is 0 Å². The van der Waals surface area contributed by atoms with Gasteiger partial charge >= 0.3 is 0 Å². The zero-order valence-corrected chi connectivity index (χ0v) is 11.1.